The molecule has 10 heavy (non-hydrogen) atoms. The second kappa shape index (κ2) is 3.77. The fraction of sp³-hybridized carbons (Fsp3) is 0.778. The molecule has 0 aliphatic carbocycles. The number of allylic oxidation sites excluding steroid dienone is 1. The molecule has 0 aromatic carbocycles. The molecule has 1 heterocycles. The highest BCUT2D eigenvalue weighted by Crippen LogP contribution is 2.18. The van der Waals surface area contributed by atoms with E-state index in [-0.39, 0.29) is 0 Å². The van der Waals surface area contributed by atoms with E-state index >= 15 is 0 Å². The Labute approximate surface area is 63.5 Å². The van der Waals surface area contributed by atoms with Crippen LogP contribution < -0.4 is 5.32 Å². The van der Waals surface area contributed by atoms with Crippen LogP contribution in [0.2, 0.25) is 0 Å². The monoisotopic (exact) mass is 139 g/mol. The fourth-order valence-electron chi connectivity index (χ4n) is 1.46. The van der Waals surface area contributed by atoms with Crippen LogP contribution in [0.15, 0.2) is 12.7 Å². The molecule has 0 amide bonds. The van der Waals surface area contributed by atoms with Crippen molar-refractivity contribution < 1.29 is 0 Å². The second-order valence-corrected chi connectivity index (χ2v) is 3.07. The van der Waals surface area contributed by atoms with E-state index in [1.54, 1.807) is 0 Å². The number of rotatable bonds is 4. The molecule has 0 bridgehead atoms. The van der Waals surface area contributed by atoms with Gasteiger partial charge in [0.25, 0.3) is 0 Å². The number of hydrogen-bond acceptors (Lipinski definition) is 1. The van der Waals surface area contributed by atoms with Gasteiger partial charge in [-0.2, -0.15) is 0 Å². The van der Waals surface area contributed by atoms with E-state index in [0.717, 1.165) is 18.5 Å². The summed E-state index contributed by atoms with van der Waals surface area (Å²) in [6.07, 6.45) is 7.10. The molecule has 1 saturated heterocycles. The Bertz CT molecular complexity index is 103. The van der Waals surface area contributed by atoms with Gasteiger partial charge in [-0.15, -0.1) is 6.58 Å². The van der Waals surface area contributed by atoms with Crippen LogP contribution >= 0.6 is 0 Å². The van der Waals surface area contributed by atoms with Crippen LogP contribution in [0.3, 0.4) is 0 Å². The quantitative estimate of drug-likeness (QED) is 0.588. The van der Waals surface area contributed by atoms with Gasteiger partial charge >= 0.3 is 0 Å². The lowest BCUT2D eigenvalue weighted by Gasteiger charge is -2.36. The molecule has 1 heteroatoms. The molecule has 2 unspecified atom stereocenters. The summed E-state index contributed by atoms with van der Waals surface area (Å²) in [5.41, 5.74) is 0. The highest BCUT2D eigenvalue weighted by atomic mass is 15.0. The van der Waals surface area contributed by atoms with Crippen molar-refractivity contribution in [2.45, 2.75) is 44.7 Å². The van der Waals surface area contributed by atoms with Crippen molar-refractivity contribution in [3.63, 3.8) is 0 Å². The molecule has 2 atom stereocenters. The van der Waals surface area contributed by atoms with Gasteiger partial charge in [-0.3, -0.25) is 0 Å². The Balaban J connectivity index is 1.97. The maximum absolute atomic E-state index is 3.70. The summed E-state index contributed by atoms with van der Waals surface area (Å²) in [5, 5.41) is 3.52. The highest BCUT2D eigenvalue weighted by molar-refractivity contribution is 4.88. The van der Waals surface area contributed by atoms with Gasteiger partial charge in [0.2, 0.25) is 0 Å². The molecule has 58 valence electrons. The van der Waals surface area contributed by atoms with E-state index in [1.165, 1.54) is 19.3 Å². The van der Waals surface area contributed by atoms with E-state index in [4.69, 9.17) is 0 Å². The van der Waals surface area contributed by atoms with Gasteiger partial charge < -0.3 is 5.32 Å². The van der Waals surface area contributed by atoms with Crippen LogP contribution in [0.4, 0.5) is 0 Å². The number of hydrogen-bond donors (Lipinski definition) is 1. The Morgan fingerprint density at radius 3 is 2.80 bits per heavy atom. The summed E-state index contributed by atoms with van der Waals surface area (Å²) in [7, 11) is 0. The molecule has 1 fully saturated rings. The lowest BCUT2D eigenvalue weighted by atomic mass is 9.92. The van der Waals surface area contributed by atoms with Gasteiger partial charge in [-0.1, -0.05) is 13.0 Å². The van der Waals surface area contributed by atoms with E-state index in [1.807, 2.05) is 6.08 Å². The zero-order valence-electron chi connectivity index (χ0n) is 6.77. The lowest BCUT2D eigenvalue weighted by molar-refractivity contribution is 0.246. The molecule has 1 nitrogen and oxygen atoms in total. The minimum Gasteiger partial charge on any atom is -0.311 e. The summed E-state index contributed by atoms with van der Waals surface area (Å²) in [4.78, 5) is 0. The summed E-state index contributed by atoms with van der Waals surface area (Å²) < 4.78 is 0. The van der Waals surface area contributed by atoms with Gasteiger partial charge in [0.15, 0.2) is 0 Å². The van der Waals surface area contributed by atoms with Gasteiger partial charge in [0.1, 0.15) is 0 Å². The van der Waals surface area contributed by atoms with Crippen molar-refractivity contribution in [3.05, 3.63) is 12.7 Å². The standard InChI is InChI=1S/C9H17N/c1-3-5-6-9-7-8(4-2)10-9/h3,8-10H,1,4-7H2,2H3. The summed E-state index contributed by atoms with van der Waals surface area (Å²) >= 11 is 0. The molecule has 1 aliphatic rings. The summed E-state index contributed by atoms with van der Waals surface area (Å²) in [5.74, 6) is 0. The van der Waals surface area contributed by atoms with Gasteiger partial charge in [-0.25, -0.2) is 0 Å². The third-order valence-corrected chi connectivity index (χ3v) is 2.25. The predicted molar refractivity (Wildman–Crippen MR) is 45.1 cm³/mol. The molecule has 1 rings (SSSR count). The average Bonchev–Trinajstić information content (AvgIpc) is 1.86. The van der Waals surface area contributed by atoms with Crippen molar-refractivity contribution in [2.24, 2.45) is 0 Å². The van der Waals surface area contributed by atoms with Crippen LogP contribution in [-0.4, -0.2) is 12.1 Å². The van der Waals surface area contributed by atoms with Crippen molar-refractivity contribution >= 4 is 0 Å². The van der Waals surface area contributed by atoms with Crippen molar-refractivity contribution in [2.75, 3.05) is 0 Å². The van der Waals surface area contributed by atoms with Crippen molar-refractivity contribution in [3.8, 4) is 0 Å². The molecule has 0 spiro atoms. The van der Waals surface area contributed by atoms with Crippen LogP contribution in [0.1, 0.15) is 32.6 Å². The maximum atomic E-state index is 3.70. The first kappa shape index (κ1) is 7.80. The predicted octanol–water partition coefficient (Wildman–Crippen LogP) is 2.09. The zero-order chi connectivity index (χ0) is 7.40. The van der Waals surface area contributed by atoms with E-state index < -0.39 is 0 Å². The molecule has 1 N–H and O–H groups in total. The second-order valence-electron chi connectivity index (χ2n) is 3.07. The van der Waals surface area contributed by atoms with E-state index in [9.17, 15) is 0 Å². The van der Waals surface area contributed by atoms with Crippen molar-refractivity contribution in [1.82, 2.24) is 5.32 Å². The fourth-order valence-corrected chi connectivity index (χ4v) is 1.46. The van der Waals surface area contributed by atoms with E-state index in [0.29, 0.717) is 0 Å². The minimum atomic E-state index is 0.794. The molecule has 0 radical (unpaired) electrons. The normalized spacial score (nSPS) is 31.3. The molecule has 0 saturated carbocycles. The van der Waals surface area contributed by atoms with Crippen LogP contribution in [0.25, 0.3) is 0 Å². The first-order valence-electron chi connectivity index (χ1n) is 4.23. The van der Waals surface area contributed by atoms with Crippen LogP contribution in [0.5, 0.6) is 0 Å². The largest absolute Gasteiger partial charge is 0.311 e. The van der Waals surface area contributed by atoms with E-state index in [2.05, 4.69) is 18.8 Å². The van der Waals surface area contributed by atoms with Gasteiger partial charge in [0.05, 0.1) is 0 Å². The zero-order valence-corrected chi connectivity index (χ0v) is 6.77. The third-order valence-electron chi connectivity index (χ3n) is 2.25. The Kier molecular flexibility index (Phi) is 2.94. The molecular weight excluding hydrogens is 122 g/mol. The summed E-state index contributed by atoms with van der Waals surface area (Å²) in [6, 6.07) is 1.61. The Morgan fingerprint density at radius 2 is 2.30 bits per heavy atom. The van der Waals surface area contributed by atoms with Crippen LogP contribution in [-0.2, 0) is 0 Å². The molecular formula is C9H17N. The molecule has 0 aromatic rings. The molecule has 1 aliphatic heterocycles. The maximum Gasteiger partial charge on any atom is 0.00874 e. The average molecular weight is 139 g/mol. The highest BCUT2D eigenvalue weighted by Gasteiger charge is 2.24. The SMILES string of the molecule is C=CCCC1CC(CC)N1. The third kappa shape index (κ3) is 1.84. The smallest absolute Gasteiger partial charge is 0.00874 e. The molecule has 0 aromatic heterocycles. The first-order chi connectivity index (χ1) is 4.86. The summed E-state index contributed by atoms with van der Waals surface area (Å²) in [6.45, 7) is 5.94. The Hall–Kier alpha value is -0.300. The minimum absolute atomic E-state index is 0.794. The van der Waals surface area contributed by atoms with Gasteiger partial charge in [0, 0.05) is 12.1 Å². The number of nitrogens with one attached hydrogen (secondary N) is 1. The topological polar surface area (TPSA) is 12.0 Å². The van der Waals surface area contributed by atoms with Crippen molar-refractivity contribution in [1.29, 1.82) is 0 Å². The first-order valence-corrected chi connectivity index (χ1v) is 4.23. The van der Waals surface area contributed by atoms with Gasteiger partial charge in [-0.05, 0) is 25.7 Å². The Morgan fingerprint density at radius 1 is 1.60 bits per heavy atom. The lowest BCUT2D eigenvalue weighted by Crippen LogP contribution is -2.51. The van der Waals surface area contributed by atoms with Crippen LogP contribution in [0, 0.1) is 0 Å².